The number of hydrogen-bond donors (Lipinski definition) is 1. The van der Waals surface area contributed by atoms with Gasteiger partial charge in [-0.2, -0.15) is 0 Å². The summed E-state index contributed by atoms with van der Waals surface area (Å²) < 4.78 is 0. The zero-order valence-corrected chi connectivity index (χ0v) is 14.0. The van der Waals surface area contributed by atoms with Crippen molar-refractivity contribution in [2.45, 2.75) is 44.7 Å². The molecule has 120 valence electrons. The second kappa shape index (κ2) is 6.41. The Hall–Kier alpha value is -1.35. The van der Waals surface area contributed by atoms with Crippen molar-refractivity contribution in [3.05, 3.63) is 35.9 Å². The summed E-state index contributed by atoms with van der Waals surface area (Å²) in [6.45, 7) is 2.27. The van der Waals surface area contributed by atoms with Crippen molar-refractivity contribution in [2.75, 3.05) is 14.1 Å². The van der Waals surface area contributed by atoms with Gasteiger partial charge in [0.05, 0.1) is 0 Å². The van der Waals surface area contributed by atoms with E-state index in [4.69, 9.17) is 0 Å². The molecular formula is C19H28N2O. The summed E-state index contributed by atoms with van der Waals surface area (Å²) in [5, 5.41) is 3.65. The van der Waals surface area contributed by atoms with Gasteiger partial charge in [-0.3, -0.25) is 10.1 Å². The van der Waals surface area contributed by atoms with Gasteiger partial charge >= 0.3 is 0 Å². The molecule has 3 heteroatoms. The molecule has 0 radical (unpaired) electrons. The van der Waals surface area contributed by atoms with Crippen LogP contribution in [-0.4, -0.2) is 30.9 Å². The number of likely N-dealkylation sites (N-methyl/N-ethyl adjacent to an activating group) is 1. The predicted octanol–water partition coefficient (Wildman–Crippen LogP) is 3.23. The molecule has 0 spiro atoms. The number of hydrogen-bond acceptors (Lipinski definition) is 2. The van der Waals surface area contributed by atoms with E-state index in [1.807, 2.05) is 44.4 Å². The van der Waals surface area contributed by atoms with E-state index < -0.39 is 0 Å². The lowest BCUT2D eigenvalue weighted by Gasteiger charge is -2.32. The van der Waals surface area contributed by atoms with Gasteiger partial charge in [-0.15, -0.1) is 0 Å². The first-order valence-corrected chi connectivity index (χ1v) is 8.58. The summed E-state index contributed by atoms with van der Waals surface area (Å²) in [4.78, 5) is 14.3. The van der Waals surface area contributed by atoms with Gasteiger partial charge in [0.25, 0.3) is 0 Å². The number of carbonyl (C=O) groups excluding carboxylic acids is 1. The van der Waals surface area contributed by atoms with Crippen molar-refractivity contribution in [1.82, 2.24) is 10.2 Å². The lowest BCUT2D eigenvalue weighted by atomic mass is 9.83. The third kappa shape index (κ3) is 3.05. The highest BCUT2D eigenvalue weighted by atomic mass is 16.2. The van der Waals surface area contributed by atoms with E-state index >= 15 is 0 Å². The molecule has 2 fully saturated rings. The number of carbonyl (C=O) groups is 1. The molecule has 2 aliphatic carbocycles. The van der Waals surface area contributed by atoms with Crippen molar-refractivity contribution < 1.29 is 4.79 Å². The van der Waals surface area contributed by atoms with Crippen molar-refractivity contribution in [1.29, 1.82) is 0 Å². The zero-order valence-electron chi connectivity index (χ0n) is 14.0. The maximum Gasteiger partial charge on any atom is 0.243 e. The van der Waals surface area contributed by atoms with Gasteiger partial charge in [-0.25, -0.2) is 0 Å². The van der Waals surface area contributed by atoms with Crippen LogP contribution in [0.15, 0.2) is 30.3 Å². The van der Waals surface area contributed by atoms with Crippen LogP contribution in [0.25, 0.3) is 0 Å². The van der Waals surface area contributed by atoms with Crippen LogP contribution in [0.3, 0.4) is 0 Å². The summed E-state index contributed by atoms with van der Waals surface area (Å²) in [7, 11) is 3.67. The minimum absolute atomic E-state index is 0.140. The highest BCUT2D eigenvalue weighted by Gasteiger charge is 2.42. The number of nitrogens with zero attached hydrogens (tertiary/aromatic N) is 1. The summed E-state index contributed by atoms with van der Waals surface area (Å²) in [5.74, 6) is 2.69. The highest BCUT2D eigenvalue weighted by Crippen LogP contribution is 2.49. The van der Waals surface area contributed by atoms with Crippen LogP contribution in [0, 0.1) is 17.8 Å². The fourth-order valence-electron chi connectivity index (χ4n) is 4.51. The van der Waals surface area contributed by atoms with E-state index in [2.05, 4.69) is 12.2 Å². The first-order chi connectivity index (χ1) is 10.6. The van der Waals surface area contributed by atoms with Gasteiger partial charge in [-0.1, -0.05) is 36.8 Å². The molecule has 2 aliphatic rings. The molecule has 0 unspecified atom stereocenters. The smallest absolute Gasteiger partial charge is 0.243 e. The van der Waals surface area contributed by atoms with Crippen molar-refractivity contribution in [3.8, 4) is 0 Å². The fourth-order valence-corrected chi connectivity index (χ4v) is 4.51. The molecule has 2 saturated carbocycles. The molecular weight excluding hydrogens is 272 g/mol. The molecule has 3 rings (SSSR count). The Kier molecular flexibility index (Phi) is 4.53. The minimum atomic E-state index is -0.231. The fraction of sp³-hybridized carbons (Fsp3) is 0.632. The average Bonchev–Trinajstić information content (AvgIpc) is 3.15. The molecule has 2 bridgehead atoms. The van der Waals surface area contributed by atoms with E-state index in [1.54, 1.807) is 4.90 Å². The van der Waals surface area contributed by atoms with E-state index in [9.17, 15) is 4.79 Å². The second-order valence-electron chi connectivity index (χ2n) is 7.37. The van der Waals surface area contributed by atoms with E-state index in [0.717, 1.165) is 23.3 Å². The Balaban J connectivity index is 1.74. The molecule has 1 N–H and O–H groups in total. The van der Waals surface area contributed by atoms with Gasteiger partial charge in [-0.05, 0) is 49.5 Å². The monoisotopic (exact) mass is 300 g/mol. The Morgan fingerprint density at radius 3 is 2.45 bits per heavy atom. The number of nitrogens with one attached hydrogen (secondary N) is 1. The standard InChI is InChI=1S/C19H28N2O/c1-13(17-12-14-9-10-16(17)11-14)20-18(19(22)21(2)3)15-7-5-4-6-8-15/h4-8,13-14,16-18,20H,9-12H2,1-3H3/t13-,14-,16-,17+,18-/m0/s1. The molecule has 0 aliphatic heterocycles. The van der Waals surface area contributed by atoms with Gasteiger partial charge in [0.15, 0.2) is 0 Å². The minimum Gasteiger partial charge on any atom is -0.347 e. The van der Waals surface area contributed by atoms with E-state index in [-0.39, 0.29) is 11.9 Å². The van der Waals surface area contributed by atoms with Crippen molar-refractivity contribution in [2.24, 2.45) is 17.8 Å². The van der Waals surface area contributed by atoms with Crippen LogP contribution in [0.4, 0.5) is 0 Å². The molecule has 1 aromatic rings. The molecule has 0 heterocycles. The number of benzene rings is 1. The highest BCUT2D eigenvalue weighted by molar-refractivity contribution is 5.82. The third-order valence-corrected chi connectivity index (χ3v) is 5.69. The summed E-state index contributed by atoms with van der Waals surface area (Å²) in [6, 6.07) is 10.3. The molecule has 0 aromatic heterocycles. The van der Waals surface area contributed by atoms with Crippen molar-refractivity contribution >= 4 is 5.91 Å². The van der Waals surface area contributed by atoms with Crippen LogP contribution in [0.2, 0.25) is 0 Å². The average molecular weight is 300 g/mol. The maximum atomic E-state index is 12.6. The Bertz CT molecular complexity index is 513. The first kappa shape index (κ1) is 15.5. The first-order valence-electron chi connectivity index (χ1n) is 8.58. The van der Waals surface area contributed by atoms with Gasteiger partial charge in [0.2, 0.25) is 5.91 Å². The Labute approximate surface area is 134 Å². The lowest BCUT2D eigenvalue weighted by molar-refractivity contribution is -0.131. The maximum absolute atomic E-state index is 12.6. The molecule has 5 atom stereocenters. The summed E-state index contributed by atoms with van der Waals surface area (Å²) >= 11 is 0. The number of amides is 1. The van der Waals surface area contributed by atoms with Crippen molar-refractivity contribution in [3.63, 3.8) is 0 Å². The van der Waals surface area contributed by atoms with Crippen LogP contribution in [0.1, 0.15) is 44.2 Å². The lowest BCUT2D eigenvalue weighted by Crippen LogP contribution is -2.44. The molecule has 22 heavy (non-hydrogen) atoms. The zero-order chi connectivity index (χ0) is 15.7. The van der Waals surface area contributed by atoms with Crippen LogP contribution < -0.4 is 5.32 Å². The SMILES string of the molecule is C[C@H](N[C@H](C(=O)N(C)C)c1ccccc1)[C@H]1C[C@H]2CC[C@H]1C2. The van der Waals surface area contributed by atoms with Gasteiger partial charge in [0.1, 0.15) is 6.04 Å². The normalized spacial score (nSPS) is 29.3. The number of fused-ring (bicyclic) bond motifs is 2. The number of rotatable bonds is 5. The molecule has 1 aromatic carbocycles. The molecule has 0 saturated heterocycles. The molecule has 3 nitrogen and oxygen atoms in total. The van der Waals surface area contributed by atoms with Crippen LogP contribution in [-0.2, 0) is 4.79 Å². The van der Waals surface area contributed by atoms with Crippen LogP contribution >= 0.6 is 0 Å². The predicted molar refractivity (Wildman–Crippen MR) is 89.4 cm³/mol. The quantitative estimate of drug-likeness (QED) is 0.905. The van der Waals surface area contributed by atoms with Gasteiger partial charge < -0.3 is 4.90 Å². The van der Waals surface area contributed by atoms with E-state index in [0.29, 0.717) is 6.04 Å². The summed E-state index contributed by atoms with van der Waals surface area (Å²) in [6.07, 6.45) is 5.57. The largest absolute Gasteiger partial charge is 0.347 e. The van der Waals surface area contributed by atoms with Gasteiger partial charge in [0, 0.05) is 20.1 Å². The molecule has 1 amide bonds. The topological polar surface area (TPSA) is 32.3 Å². The Morgan fingerprint density at radius 2 is 1.91 bits per heavy atom. The van der Waals surface area contributed by atoms with Crippen LogP contribution in [0.5, 0.6) is 0 Å². The van der Waals surface area contributed by atoms with E-state index in [1.165, 1.54) is 25.7 Å². The summed E-state index contributed by atoms with van der Waals surface area (Å²) in [5.41, 5.74) is 1.07. The third-order valence-electron chi connectivity index (χ3n) is 5.69. The Morgan fingerprint density at radius 1 is 1.18 bits per heavy atom. The second-order valence-corrected chi connectivity index (χ2v) is 7.37.